The quantitative estimate of drug-likeness (QED) is 0.668. The molecule has 0 amide bonds. The van der Waals surface area contributed by atoms with E-state index in [1.807, 2.05) is 35.0 Å². The van der Waals surface area contributed by atoms with E-state index in [9.17, 15) is 0 Å². The van der Waals surface area contributed by atoms with E-state index in [4.69, 9.17) is 0 Å². The minimum atomic E-state index is 0.748. The van der Waals surface area contributed by atoms with Gasteiger partial charge in [-0.15, -0.1) is 0 Å². The Bertz CT molecular complexity index is 659. The van der Waals surface area contributed by atoms with Gasteiger partial charge in [0.15, 0.2) is 5.82 Å². The first kappa shape index (κ1) is 12.3. The molecule has 0 aliphatic carbocycles. The number of aromatic nitrogens is 3. The van der Waals surface area contributed by atoms with Crippen LogP contribution in [-0.4, -0.2) is 14.8 Å². The monoisotopic (exact) mass is 361 g/mol. The highest BCUT2D eigenvalue weighted by Gasteiger charge is 2.04. The van der Waals surface area contributed by atoms with Crippen molar-refractivity contribution in [3.8, 4) is 11.4 Å². The van der Waals surface area contributed by atoms with E-state index < -0.39 is 0 Å². The zero-order valence-electron chi connectivity index (χ0n) is 10.2. The molecule has 4 heteroatoms. The van der Waals surface area contributed by atoms with Crippen LogP contribution in [0.1, 0.15) is 5.56 Å². The third-order valence-electron chi connectivity index (χ3n) is 2.83. The summed E-state index contributed by atoms with van der Waals surface area (Å²) in [6, 6.07) is 18.5. The van der Waals surface area contributed by atoms with Gasteiger partial charge in [0.2, 0.25) is 0 Å². The molecule has 2 aromatic carbocycles. The SMILES string of the molecule is Ic1ccc(-c2ncn(Cc3ccccc3)n2)cc1. The van der Waals surface area contributed by atoms with Crippen LogP contribution in [0.3, 0.4) is 0 Å². The maximum Gasteiger partial charge on any atom is 0.181 e. The van der Waals surface area contributed by atoms with Gasteiger partial charge in [-0.05, 0) is 40.3 Å². The van der Waals surface area contributed by atoms with Crippen molar-refractivity contribution in [1.82, 2.24) is 14.8 Å². The number of nitrogens with zero attached hydrogens (tertiary/aromatic N) is 3. The van der Waals surface area contributed by atoms with Gasteiger partial charge in [0, 0.05) is 9.13 Å². The fourth-order valence-electron chi connectivity index (χ4n) is 1.87. The Hall–Kier alpha value is -1.69. The summed E-state index contributed by atoms with van der Waals surface area (Å²) in [5.74, 6) is 0.771. The van der Waals surface area contributed by atoms with Crippen molar-refractivity contribution >= 4 is 22.6 Å². The summed E-state index contributed by atoms with van der Waals surface area (Å²) in [5.41, 5.74) is 2.27. The Labute approximate surface area is 125 Å². The number of hydrogen-bond donors (Lipinski definition) is 0. The Morgan fingerprint density at radius 3 is 2.42 bits per heavy atom. The molecule has 3 aromatic rings. The van der Waals surface area contributed by atoms with Gasteiger partial charge in [0.1, 0.15) is 6.33 Å². The summed E-state index contributed by atoms with van der Waals surface area (Å²) in [6.45, 7) is 0.748. The molecule has 94 valence electrons. The summed E-state index contributed by atoms with van der Waals surface area (Å²) < 4.78 is 3.08. The Balaban J connectivity index is 1.82. The molecule has 1 heterocycles. The van der Waals surface area contributed by atoms with E-state index in [0.717, 1.165) is 17.9 Å². The van der Waals surface area contributed by atoms with Crippen LogP contribution in [0.15, 0.2) is 60.9 Å². The summed E-state index contributed by atoms with van der Waals surface area (Å²) in [4.78, 5) is 4.36. The van der Waals surface area contributed by atoms with Crippen molar-refractivity contribution in [2.24, 2.45) is 0 Å². The van der Waals surface area contributed by atoms with Crippen LogP contribution in [0.25, 0.3) is 11.4 Å². The fourth-order valence-corrected chi connectivity index (χ4v) is 2.23. The van der Waals surface area contributed by atoms with E-state index in [-0.39, 0.29) is 0 Å². The average Bonchev–Trinajstić information content (AvgIpc) is 2.89. The van der Waals surface area contributed by atoms with E-state index in [1.165, 1.54) is 9.13 Å². The lowest BCUT2D eigenvalue weighted by atomic mass is 10.2. The van der Waals surface area contributed by atoms with Gasteiger partial charge in [-0.1, -0.05) is 42.5 Å². The normalized spacial score (nSPS) is 10.6. The van der Waals surface area contributed by atoms with Crippen LogP contribution in [0.4, 0.5) is 0 Å². The van der Waals surface area contributed by atoms with Gasteiger partial charge >= 0.3 is 0 Å². The number of halogens is 1. The van der Waals surface area contributed by atoms with Gasteiger partial charge in [0.05, 0.1) is 6.54 Å². The molecule has 3 rings (SSSR count). The molecule has 0 fully saturated rings. The smallest absolute Gasteiger partial charge is 0.181 e. The molecule has 0 saturated carbocycles. The third-order valence-corrected chi connectivity index (χ3v) is 3.55. The summed E-state index contributed by atoms with van der Waals surface area (Å²) in [6.07, 6.45) is 1.78. The van der Waals surface area contributed by atoms with Gasteiger partial charge in [-0.3, -0.25) is 0 Å². The largest absolute Gasteiger partial charge is 0.248 e. The number of benzene rings is 2. The maximum absolute atomic E-state index is 4.51. The van der Waals surface area contributed by atoms with Gasteiger partial charge < -0.3 is 0 Å². The predicted octanol–water partition coefficient (Wildman–Crippen LogP) is 3.60. The van der Waals surface area contributed by atoms with Crippen LogP contribution in [-0.2, 0) is 6.54 Å². The van der Waals surface area contributed by atoms with Crippen molar-refractivity contribution in [3.63, 3.8) is 0 Å². The summed E-state index contributed by atoms with van der Waals surface area (Å²) in [5, 5.41) is 4.51. The molecule has 19 heavy (non-hydrogen) atoms. The molecule has 1 aromatic heterocycles. The van der Waals surface area contributed by atoms with Crippen molar-refractivity contribution < 1.29 is 0 Å². The first-order valence-corrected chi connectivity index (χ1v) is 7.08. The highest BCUT2D eigenvalue weighted by atomic mass is 127. The molecule has 0 bridgehead atoms. The van der Waals surface area contributed by atoms with Gasteiger partial charge in [-0.25, -0.2) is 9.67 Å². The molecule has 0 radical (unpaired) electrons. The van der Waals surface area contributed by atoms with Crippen LogP contribution in [0.5, 0.6) is 0 Å². The van der Waals surface area contributed by atoms with Crippen molar-refractivity contribution in [1.29, 1.82) is 0 Å². The van der Waals surface area contributed by atoms with Crippen LogP contribution in [0, 0.1) is 3.57 Å². The minimum absolute atomic E-state index is 0.748. The average molecular weight is 361 g/mol. The van der Waals surface area contributed by atoms with Gasteiger partial charge in [-0.2, -0.15) is 5.10 Å². The number of rotatable bonds is 3. The second-order valence-electron chi connectivity index (χ2n) is 4.26. The molecule has 0 saturated heterocycles. The van der Waals surface area contributed by atoms with Crippen LogP contribution < -0.4 is 0 Å². The second kappa shape index (κ2) is 5.52. The molecular weight excluding hydrogens is 349 g/mol. The molecule has 0 spiro atoms. The van der Waals surface area contributed by atoms with Crippen molar-refractivity contribution in [2.75, 3.05) is 0 Å². The van der Waals surface area contributed by atoms with Gasteiger partial charge in [0.25, 0.3) is 0 Å². The predicted molar refractivity (Wildman–Crippen MR) is 83.7 cm³/mol. The van der Waals surface area contributed by atoms with E-state index in [1.54, 1.807) is 6.33 Å². The van der Waals surface area contributed by atoms with Crippen molar-refractivity contribution in [3.05, 3.63) is 70.1 Å². The topological polar surface area (TPSA) is 30.7 Å². The van der Waals surface area contributed by atoms with E-state index >= 15 is 0 Å². The zero-order chi connectivity index (χ0) is 13.1. The lowest BCUT2D eigenvalue weighted by molar-refractivity contribution is 0.687. The maximum atomic E-state index is 4.51. The molecular formula is C15H12IN3. The molecule has 0 aliphatic rings. The third kappa shape index (κ3) is 3.01. The van der Waals surface area contributed by atoms with E-state index in [0.29, 0.717) is 0 Å². The summed E-state index contributed by atoms with van der Waals surface area (Å²) in [7, 11) is 0. The lowest BCUT2D eigenvalue weighted by Crippen LogP contribution is -1.99. The standard InChI is InChI=1S/C15H12IN3/c16-14-8-6-13(7-9-14)15-17-11-19(18-15)10-12-4-2-1-3-5-12/h1-9,11H,10H2. The molecule has 3 nitrogen and oxygen atoms in total. The highest BCUT2D eigenvalue weighted by molar-refractivity contribution is 14.1. The molecule has 0 N–H and O–H groups in total. The molecule has 0 atom stereocenters. The summed E-state index contributed by atoms with van der Waals surface area (Å²) >= 11 is 2.29. The Kier molecular flexibility index (Phi) is 3.59. The molecule has 0 aliphatic heterocycles. The van der Waals surface area contributed by atoms with Crippen LogP contribution >= 0.6 is 22.6 Å². The first-order valence-electron chi connectivity index (χ1n) is 6.00. The first-order chi connectivity index (χ1) is 9.31. The second-order valence-corrected chi connectivity index (χ2v) is 5.50. The highest BCUT2D eigenvalue weighted by Crippen LogP contribution is 2.16. The van der Waals surface area contributed by atoms with Crippen molar-refractivity contribution in [2.45, 2.75) is 6.54 Å². The Morgan fingerprint density at radius 1 is 0.947 bits per heavy atom. The van der Waals surface area contributed by atoms with E-state index in [2.05, 4.69) is 56.9 Å². The number of hydrogen-bond acceptors (Lipinski definition) is 2. The zero-order valence-corrected chi connectivity index (χ0v) is 12.4. The van der Waals surface area contributed by atoms with Crippen LogP contribution in [0.2, 0.25) is 0 Å². The Morgan fingerprint density at radius 2 is 1.68 bits per heavy atom. The lowest BCUT2D eigenvalue weighted by Gasteiger charge is -2.00. The minimum Gasteiger partial charge on any atom is -0.248 e. The fraction of sp³-hybridized carbons (Fsp3) is 0.0667. The molecule has 0 unspecified atom stereocenters.